The number of halogens is 3. The molecule has 4 heteroatoms. The first kappa shape index (κ1) is 11.8. The van der Waals surface area contributed by atoms with Crippen molar-refractivity contribution in [1.82, 2.24) is 4.98 Å². The molecule has 1 N–H and O–H groups in total. The van der Waals surface area contributed by atoms with Gasteiger partial charge in [-0.1, -0.05) is 36.9 Å². The van der Waals surface area contributed by atoms with Gasteiger partial charge in [0.25, 0.3) is 0 Å². The monoisotopic (exact) mass is 261 g/mol. The molecule has 0 fully saturated rings. The van der Waals surface area contributed by atoms with Crippen molar-refractivity contribution in [3.05, 3.63) is 54.1 Å². The van der Waals surface area contributed by atoms with Crippen LogP contribution in [0.5, 0.6) is 0 Å². The van der Waals surface area contributed by atoms with Crippen molar-refractivity contribution in [3.8, 4) is 0 Å². The Morgan fingerprint density at radius 2 is 1.84 bits per heavy atom. The molecule has 0 bridgehead atoms. The molecule has 19 heavy (non-hydrogen) atoms. The summed E-state index contributed by atoms with van der Waals surface area (Å²) < 4.78 is 38.1. The Bertz CT molecular complexity index is 781. The highest BCUT2D eigenvalue weighted by atomic mass is 19.4. The molecule has 2 aromatic carbocycles. The minimum atomic E-state index is -4.33. The second kappa shape index (κ2) is 3.88. The zero-order chi connectivity index (χ0) is 13.6. The van der Waals surface area contributed by atoms with Crippen molar-refractivity contribution in [2.45, 2.75) is 6.18 Å². The van der Waals surface area contributed by atoms with Crippen LogP contribution in [0.2, 0.25) is 0 Å². The number of benzene rings is 2. The number of nitrogens with one attached hydrogen (secondary N) is 1. The van der Waals surface area contributed by atoms with Crippen molar-refractivity contribution >= 4 is 27.9 Å². The van der Waals surface area contributed by atoms with Crippen LogP contribution in [0.15, 0.2) is 43.0 Å². The SMILES string of the molecule is C=Cc1cccc2c1[nH]c1cc(C(F)(F)F)ccc12. The van der Waals surface area contributed by atoms with Gasteiger partial charge in [0, 0.05) is 16.3 Å². The van der Waals surface area contributed by atoms with E-state index in [0.29, 0.717) is 5.52 Å². The molecule has 3 rings (SSSR count). The number of para-hydroxylation sites is 1. The van der Waals surface area contributed by atoms with E-state index in [1.807, 2.05) is 18.2 Å². The van der Waals surface area contributed by atoms with Gasteiger partial charge in [0.15, 0.2) is 0 Å². The average molecular weight is 261 g/mol. The van der Waals surface area contributed by atoms with Crippen LogP contribution in [0.3, 0.4) is 0 Å². The molecule has 0 saturated carbocycles. The molecule has 1 aromatic heterocycles. The summed E-state index contributed by atoms with van der Waals surface area (Å²) >= 11 is 0. The number of H-pyrrole nitrogens is 1. The van der Waals surface area contributed by atoms with E-state index in [9.17, 15) is 13.2 Å². The zero-order valence-electron chi connectivity index (χ0n) is 9.88. The fourth-order valence-electron chi connectivity index (χ4n) is 2.30. The van der Waals surface area contributed by atoms with Gasteiger partial charge in [-0.2, -0.15) is 13.2 Å². The lowest BCUT2D eigenvalue weighted by atomic mass is 10.1. The number of hydrogen-bond acceptors (Lipinski definition) is 0. The number of aromatic nitrogens is 1. The van der Waals surface area contributed by atoms with Crippen LogP contribution in [0.25, 0.3) is 27.9 Å². The van der Waals surface area contributed by atoms with Gasteiger partial charge in [0.1, 0.15) is 0 Å². The summed E-state index contributed by atoms with van der Waals surface area (Å²) in [7, 11) is 0. The van der Waals surface area contributed by atoms with Gasteiger partial charge in [-0.25, -0.2) is 0 Å². The average Bonchev–Trinajstić information content (AvgIpc) is 2.75. The van der Waals surface area contributed by atoms with E-state index in [4.69, 9.17) is 0 Å². The van der Waals surface area contributed by atoms with E-state index in [1.165, 1.54) is 6.07 Å². The molecule has 0 aliphatic heterocycles. The van der Waals surface area contributed by atoms with E-state index < -0.39 is 11.7 Å². The molecular weight excluding hydrogens is 251 g/mol. The molecule has 0 saturated heterocycles. The van der Waals surface area contributed by atoms with E-state index in [-0.39, 0.29) is 0 Å². The summed E-state index contributed by atoms with van der Waals surface area (Å²) in [6, 6.07) is 9.37. The minimum absolute atomic E-state index is 0.485. The highest BCUT2D eigenvalue weighted by Crippen LogP contribution is 2.34. The summed E-state index contributed by atoms with van der Waals surface area (Å²) in [6.45, 7) is 3.71. The number of hydrogen-bond donors (Lipinski definition) is 1. The van der Waals surface area contributed by atoms with Crippen molar-refractivity contribution in [3.63, 3.8) is 0 Å². The smallest absolute Gasteiger partial charge is 0.354 e. The molecule has 1 nitrogen and oxygen atoms in total. The number of alkyl halides is 3. The first-order valence-corrected chi connectivity index (χ1v) is 5.75. The van der Waals surface area contributed by atoms with Crippen LogP contribution >= 0.6 is 0 Å². The summed E-state index contributed by atoms with van der Waals surface area (Å²) in [4.78, 5) is 3.04. The lowest BCUT2D eigenvalue weighted by molar-refractivity contribution is -0.137. The first-order chi connectivity index (χ1) is 9.00. The Kier molecular flexibility index (Phi) is 2.42. The molecule has 0 amide bonds. The second-order valence-electron chi connectivity index (χ2n) is 4.36. The Morgan fingerprint density at radius 1 is 1.05 bits per heavy atom. The third-order valence-electron chi connectivity index (χ3n) is 3.21. The maximum absolute atomic E-state index is 12.7. The Labute approximate surface area is 107 Å². The highest BCUT2D eigenvalue weighted by molar-refractivity contribution is 6.09. The molecular formula is C15H10F3N. The van der Waals surface area contributed by atoms with Gasteiger partial charge < -0.3 is 4.98 Å². The molecule has 0 aliphatic carbocycles. The van der Waals surface area contributed by atoms with E-state index in [1.54, 1.807) is 6.08 Å². The second-order valence-corrected chi connectivity index (χ2v) is 4.36. The van der Waals surface area contributed by atoms with Crippen LogP contribution in [0, 0.1) is 0 Å². The largest absolute Gasteiger partial charge is 0.416 e. The van der Waals surface area contributed by atoms with Crippen LogP contribution < -0.4 is 0 Å². The van der Waals surface area contributed by atoms with E-state index >= 15 is 0 Å². The molecule has 0 unspecified atom stereocenters. The van der Waals surface area contributed by atoms with Crippen molar-refractivity contribution < 1.29 is 13.2 Å². The van der Waals surface area contributed by atoms with Crippen molar-refractivity contribution in [1.29, 1.82) is 0 Å². The Morgan fingerprint density at radius 3 is 2.53 bits per heavy atom. The Balaban J connectivity index is 2.37. The van der Waals surface area contributed by atoms with E-state index in [2.05, 4.69) is 11.6 Å². The van der Waals surface area contributed by atoms with Crippen LogP contribution in [0.4, 0.5) is 13.2 Å². The highest BCUT2D eigenvalue weighted by Gasteiger charge is 2.30. The molecule has 0 radical (unpaired) electrons. The van der Waals surface area contributed by atoms with Gasteiger partial charge >= 0.3 is 6.18 Å². The molecule has 1 heterocycles. The lowest BCUT2D eigenvalue weighted by Crippen LogP contribution is -2.03. The topological polar surface area (TPSA) is 15.8 Å². The van der Waals surface area contributed by atoms with Gasteiger partial charge in [0.2, 0.25) is 0 Å². The van der Waals surface area contributed by atoms with Gasteiger partial charge in [-0.3, -0.25) is 0 Å². The van der Waals surface area contributed by atoms with Crippen molar-refractivity contribution in [2.24, 2.45) is 0 Å². The van der Waals surface area contributed by atoms with Crippen molar-refractivity contribution in [2.75, 3.05) is 0 Å². The maximum Gasteiger partial charge on any atom is 0.416 e. The third-order valence-corrected chi connectivity index (χ3v) is 3.21. The molecule has 3 aromatic rings. The maximum atomic E-state index is 12.7. The third kappa shape index (κ3) is 1.80. The summed E-state index contributed by atoms with van der Waals surface area (Å²) in [6.07, 6.45) is -2.64. The summed E-state index contributed by atoms with van der Waals surface area (Å²) in [5, 5.41) is 1.69. The predicted molar refractivity (Wildman–Crippen MR) is 70.9 cm³/mol. The molecule has 0 spiro atoms. The van der Waals surface area contributed by atoms with E-state index in [0.717, 1.165) is 34.0 Å². The first-order valence-electron chi connectivity index (χ1n) is 5.75. The van der Waals surface area contributed by atoms with Crippen LogP contribution in [-0.4, -0.2) is 4.98 Å². The standard InChI is InChI=1S/C15H10F3N/c1-2-9-4-3-5-12-11-7-6-10(15(16,17)18)8-13(11)19-14(9)12/h2-8,19H,1H2. The lowest BCUT2D eigenvalue weighted by Gasteiger charge is -2.05. The summed E-state index contributed by atoms with van der Waals surface area (Å²) in [5.74, 6) is 0. The predicted octanol–water partition coefficient (Wildman–Crippen LogP) is 4.98. The van der Waals surface area contributed by atoms with Gasteiger partial charge in [-0.15, -0.1) is 0 Å². The summed E-state index contributed by atoms with van der Waals surface area (Å²) in [5.41, 5.74) is 1.53. The molecule has 96 valence electrons. The van der Waals surface area contributed by atoms with Crippen LogP contribution in [-0.2, 0) is 6.18 Å². The number of rotatable bonds is 1. The zero-order valence-corrected chi connectivity index (χ0v) is 9.88. The molecule has 0 atom stereocenters. The number of aromatic amines is 1. The number of fused-ring (bicyclic) bond motifs is 3. The molecule has 0 aliphatic rings. The van der Waals surface area contributed by atoms with Crippen LogP contribution in [0.1, 0.15) is 11.1 Å². The fourth-order valence-corrected chi connectivity index (χ4v) is 2.30. The quantitative estimate of drug-likeness (QED) is 0.635. The normalized spacial score (nSPS) is 12.2. The van der Waals surface area contributed by atoms with Gasteiger partial charge in [0.05, 0.1) is 11.1 Å². The van der Waals surface area contributed by atoms with Gasteiger partial charge in [-0.05, 0) is 17.7 Å². The Hall–Kier alpha value is -2.23. The fraction of sp³-hybridized carbons (Fsp3) is 0.0667. The minimum Gasteiger partial charge on any atom is -0.354 e.